The van der Waals surface area contributed by atoms with Gasteiger partial charge in [0.25, 0.3) is 0 Å². The highest BCUT2D eigenvalue weighted by Crippen LogP contribution is 2.40. The van der Waals surface area contributed by atoms with E-state index in [1.807, 2.05) is 6.07 Å². The van der Waals surface area contributed by atoms with Crippen molar-refractivity contribution >= 4 is 17.3 Å². The summed E-state index contributed by atoms with van der Waals surface area (Å²) in [5.74, 6) is 0.240. The number of nitrogens with two attached hydrogens (primary N) is 2. The third-order valence-corrected chi connectivity index (χ3v) is 3.90. The van der Waals surface area contributed by atoms with Crippen LogP contribution in [0.2, 0.25) is 0 Å². The molecular weight excluding hydrogens is 242 g/mol. The van der Waals surface area contributed by atoms with Crippen molar-refractivity contribution < 1.29 is 9.53 Å². The van der Waals surface area contributed by atoms with Crippen LogP contribution in [0.3, 0.4) is 0 Å². The second kappa shape index (κ2) is 4.74. The van der Waals surface area contributed by atoms with Crippen LogP contribution in [0.1, 0.15) is 29.6 Å². The number of ether oxygens (including phenoxy) is 1. The summed E-state index contributed by atoms with van der Waals surface area (Å²) in [7, 11) is 0. The van der Waals surface area contributed by atoms with Gasteiger partial charge >= 0.3 is 0 Å². The summed E-state index contributed by atoms with van der Waals surface area (Å²) >= 11 is 0. The van der Waals surface area contributed by atoms with Crippen molar-refractivity contribution in [1.82, 2.24) is 0 Å². The minimum atomic E-state index is -0.460. The summed E-state index contributed by atoms with van der Waals surface area (Å²) in [5, 5.41) is 3.44. The molecule has 1 saturated heterocycles. The highest BCUT2D eigenvalue weighted by Gasteiger charge is 2.40. The number of nitrogen functional groups attached to an aromatic ring is 1. The van der Waals surface area contributed by atoms with Crippen molar-refractivity contribution in [3.8, 4) is 0 Å². The lowest BCUT2D eigenvalue weighted by Crippen LogP contribution is -2.31. The third-order valence-electron chi connectivity index (χ3n) is 3.90. The number of benzene rings is 1. The van der Waals surface area contributed by atoms with Crippen molar-refractivity contribution in [2.75, 3.05) is 17.7 Å². The van der Waals surface area contributed by atoms with Crippen molar-refractivity contribution in [2.45, 2.75) is 31.4 Å². The second-order valence-corrected chi connectivity index (χ2v) is 5.38. The fourth-order valence-electron chi connectivity index (χ4n) is 2.70. The Morgan fingerprint density at radius 2 is 2.11 bits per heavy atom. The molecule has 1 aliphatic heterocycles. The smallest absolute Gasteiger partial charge is 0.248 e. The summed E-state index contributed by atoms with van der Waals surface area (Å²) in [6, 6.07) is 5.45. The van der Waals surface area contributed by atoms with Crippen molar-refractivity contribution in [2.24, 2.45) is 11.7 Å². The molecule has 1 aromatic carbocycles. The maximum Gasteiger partial charge on any atom is 0.248 e. The highest BCUT2D eigenvalue weighted by molar-refractivity contribution is 5.94. The molecule has 3 rings (SSSR count). The Morgan fingerprint density at radius 1 is 1.32 bits per heavy atom. The first-order chi connectivity index (χ1) is 9.15. The van der Waals surface area contributed by atoms with Gasteiger partial charge in [0.15, 0.2) is 0 Å². The second-order valence-electron chi connectivity index (χ2n) is 5.38. The van der Waals surface area contributed by atoms with Crippen LogP contribution in [0.4, 0.5) is 11.4 Å². The first-order valence-corrected chi connectivity index (χ1v) is 6.72. The van der Waals surface area contributed by atoms with Gasteiger partial charge in [-0.2, -0.15) is 0 Å². The fourth-order valence-corrected chi connectivity index (χ4v) is 2.70. The van der Waals surface area contributed by atoms with E-state index in [9.17, 15) is 4.79 Å². The van der Waals surface area contributed by atoms with E-state index in [1.165, 1.54) is 12.8 Å². The number of primary amides is 1. The van der Waals surface area contributed by atoms with E-state index >= 15 is 0 Å². The van der Waals surface area contributed by atoms with Gasteiger partial charge in [0, 0.05) is 12.2 Å². The molecule has 2 unspecified atom stereocenters. The molecule has 1 amide bonds. The topological polar surface area (TPSA) is 90.4 Å². The summed E-state index contributed by atoms with van der Waals surface area (Å²) in [5.41, 5.74) is 13.0. The van der Waals surface area contributed by atoms with Crippen LogP contribution in [0.5, 0.6) is 0 Å². The number of amides is 1. The maximum absolute atomic E-state index is 11.1. The zero-order valence-electron chi connectivity index (χ0n) is 10.8. The summed E-state index contributed by atoms with van der Waals surface area (Å²) in [6.45, 7) is 0.804. The van der Waals surface area contributed by atoms with E-state index in [0.29, 0.717) is 29.3 Å². The van der Waals surface area contributed by atoms with E-state index in [2.05, 4.69) is 5.32 Å². The Morgan fingerprint density at radius 3 is 2.74 bits per heavy atom. The lowest BCUT2D eigenvalue weighted by Gasteiger charge is -2.21. The van der Waals surface area contributed by atoms with Gasteiger partial charge in [-0.3, -0.25) is 4.79 Å². The predicted molar refractivity (Wildman–Crippen MR) is 73.9 cm³/mol. The molecule has 19 heavy (non-hydrogen) atoms. The minimum absolute atomic E-state index is 0.301. The van der Waals surface area contributed by atoms with Gasteiger partial charge in [0.05, 0.1) is 23.5 Å². The summed E-state index contributed by atoms with van der Waals surface area (Å²) < 4.78 is 5.79. The first kappa shape index (κ1) is 12.3. The number of anilines is 2. The monoisotopic (exact) mass is 261 g/mol. The number of nitrogens with one attached hydrogen (secondary N) is 1. The molecule has 1 heterocycles. The van der Waals surface area contributed by atoms with E-state index in [4.69, 9.17) is 16.2 Å². The lowest BCUT2D eigenvalue weighted by molar-refractivity contribution is 0.0898. The van der Waals surface area contributed by atoms with Crippen LogP contribution >= 0.6 is 0 Å². The van der Waals surface area contributed by atoms with Crippen molar-refractivity contribution in [1.29, 1.82) is 0 Å². The largest absolute Gasteiger partial charge is 0.397 e. The average molecular weight is 261 g/mol. The SMILES string of the molecule is NC(=O)c1ccc(NC2CCOC2C2CC2)c(N)c1. The van der Waals surface area contributed by atoms with Crippen LogP contribution in [0.25, 0.3) is 0 Å². The van der Waals surface area contributed by atoms with Crippen LogP contribution in [0, 0.1) is 5.92 Å². The van der Waals surface area contributed by atoms with Crippen LogP contribution in [-0.4, -0.2) is 24.7 Å². The Bertz CT molecular complexity index is 499. The molecule has 1 aromatic rings. The standard InChI is InChI=1S/C14H19N3O2/c15-10-7-9(14(16)18)3-4-11(10)17-12-5-6-19-13(12)8-1-2-8/h3-4,7-8,12-13,17H,1-2,5-6,15H2,(H2,16,18). The lowest BCUT2D eigenvalue weighted by atomic mass is 10.1. The van der Waals surface area contributed by atoms with E-state index in [0.717, 1.165) is 18.7 Å². The zero-order chi connectivity index (χ0) is 13.4. The fraction of sp³-hybridized carbons (Fsp3) is 0.500. The Kier molecular flexibility index (Phi) is 3.06. The molecule has 1 aliphatic carbocycles. The summed E-state index contributed by atoms with van der Waals surface area (Å²) in [6.07, 6.45) is 3.82. The van der Waals surface area contributed by atoms with E-state index in [1.54, 1.807) is 12.1 Å². The normalized spacial score (nSPS) is 26.3. The number of carbonyl (C=O) groups excluding carboxylic acids is 1. The molecule has 102 valence electrons. The van der Waals surface area contributed by atoms with Gasteiger partial charge in [0.2, 0.25) is 5.91 Å². The van der Waals surface area contributed by atoms with Crippen molar-refractivity contribution in [3.05, 3.63) is 23.8 Å². The molecule has 5 heteroatoms. The van der Waals surface area contributed by atoms with Gasteiger partial charge < -0.3 is 21.5 Å². The molecule has 5 nitrogen and oxygen atoms in total. The highest BCUT2D eigenvalue weighted by atomic mass is 16.5. The van der Waals surface area contributed by atoms with Gasteiger partial charge in [-0.15, -0.1) is 0 Å². The van der Waals surface area contributed by atoms with Gasteiger partial charge in [-0.05, 0) is 43.4 Å². The van der Waals surface area contributed by atoms with Gasteiger partial charge in [-0.25, -0.2) is 0 Å². The molecule has 0 radical (unpaired) electrons. The van der Waals surface area contributed by atoms with E-state index < -0.39 is 5.91 Å². The third kappa shape index (κ3) is 2.51. The molecule has 0 bridgehead atoms. The van der Waals surface area contributed by atoms with Crippen molar-refractivity contribution in [3.63, 3.8) is 0 Å². The molecule has 2 aliphatic rings. The predicted octanol–water partition coefficient (Wildman–Crippen LogP) is 1.35. The number of carbonyl (C=O) groups is 1. The Balaban J connectivity index is 1.73. The maximum atomic E-state index is 11.1. The number of rotatable bonds is 4. The van der Waals surface area contributed by atoms with Gasteiger partial charge in [0.1, 0.15) is 0 Å². The minimum Gasteiger partial charge on any atom is -0.397 e. The van der Waals surface area contributed by atoms with Gasteiger partial charge in [-0.1, -0.05) is 0 Å². The zero-order valence-corrected chi connectivity index (χ0v) is 10.8. The molecule has 0 spiro atoms. The first-order valence-electron chi connectivity index (χ1n) is 6.72. The van der Waals surface area contributed by atoms with Crippen LogP contribution in [-0.2, 0) is 4.74 Å². The Hall–Kier alpha value is -1.75. The number of hydrogen-bond acceptors (Lipinski definition) is 4. The molecule has 2 atom stereocenters. The number of hydrogen-bond donors (Lipinski definition) is 3. The molecular formula is C14H19N3O2. The van der Waals surface area contributed by atoms with Crippen LogP contribution < -0.4 is 16.8 Å². The quantitative estimate of drug-likeness (QED) is 0.713. The molecule has 2 fully saturated rings. The molecule has 1 saturated carbocycles. The van der Waals surface area contributed by atoms with E-state index in [-0.39, 0.29) is 0 Å². The average Bonchev–Trinajstić information content (AvgIpc) is 3.12. The van der Waals surface area contributed by atoms with Crippen LogP contribution in [0.15, 0.2) is 18.2 Å². The summed E-state index contributed by atoms with van der Waals surface area (Å²) in [4.78, 5) is 11.1. The molecule has 5 N–H and O–H groups in total. The molecule has 0 aromatic heterocycles. The Labute approximate surface area is 112 Å².